The molecule has 1 aromatic rings. The molecule has 0 bridgehead atoms. The Balaban J connectivity index is 2.30. The molecule has 6 nitrogen and oxygen atoms in total. The molecule has 0 spiro atoms. The van der Waals surface area contributed by atoms with Crippen molar-refractivity contribution in [2.75, 3.05) is 32.9 Å². The van der Waals surface area contributed by atoms with E-state index in [0.29, 0.717) is 44.4 Å². The summed E-state index contributed by atoms with van der Waals surface area (Å²) in [5, 5.41) is 9.51. The van der Waals surface area contributed by atoms with Crippen molar-refractivity contribution in [1.82, 2.24) is 9.88 Å². The maximum absolute atomic E-state index is 11.6. The summed E-state index contributed by atoms with van der Waals surface area (Å²) >= 11 is 0. The molecule has 0 aromatic carbocycles. The number of carboxylic acid groups (broad SMARTS) is 1. The molecular weight excluding hydrogens is 248 g/mol. The van der Waals surface area contributed by atoms with E-state index >= 15 is 0 Å². The predicted octanol–water partition coefficient (Wildman–Crippen LogP) is 0.938. The summed E-state index contributed by atoms with van der Waals surface area (Å²) in [6, 6.07) is 2.75. The smallest absolute Gasteiger partial charge is 0.325 e. The number of carbonyl (C=O) groups is 1. The van der Waals surface area contributed by atoms with E-state index in [1.165, 1.54) is 0 Å². The second-order valence-electron chi connectivity index (χ2n) is 4.22. The first-order valence-electron chi connectivity index (χ1n) is 6.36. The number of aromatic nitrogens is 1. The van der Waals surface area contributed by atoms with Crippen LogP contribution in [0.5, 0.6) is 5.88 Å². The fourth-order valence-electron chi connectivity index (χ4n) is 2.19. The third kappa shape index (κ3) is 3.21. The zero-order chi connectivity index (χ0) is 13.7. The highest BCUT2D eigenvalue weighted by molar-refractivity contribution is 5.76. The van der Waals surface area contributed by atoms with Crippen molar-refractivity contribution < 1.29 is 19.4 Å². The van der Waals surface area contributed by atoms with Gasteiger partial charge in [0.2, 0.25) is 5.88 Å². The van der Waals surface area contributed by atoms with E-state index in [0.717, 1.165) is 0 Å². The summed E-state index contributed by atoms with van der Waals surface area (Å²) in [6.07, 6.45) is 1.60. The monoisotopic (exact) mass is 266 g/mol. The minimum Gasteiger partial charge on any atom is -0.480 e. The third-order valence-corrected chi connectivity index (χ3v) is 3.02. The Kier molecular flexibility index (Phi) is 4.70. The first-order chi connectivity index (χ1) is 9.24. The van der Waals surface area contributed by atoms with E-state index in [9.17, 15) is 9.90 Å². The van der Waals surface area contributed by atoms with Crippen molar-refractivity contribution >= 4 is 5.97 Å². The number of morpholine rings is 1. The van der Waals surface area contributed by atoms with Gasteiger partial charge in [0, 0.05) is 24.8 Å². The topological polar surface area (TPSA) is 71.9 Å². The highest BCUT2D eigenvalue weighted by Gasteiger charge is 2.31. The highest BCUT2D eigenvalue weighted by Crippen LogP contribution is 2.28. The molecule has 19 heavy (non-hydrogen) atoms. The average Bonchev–Trinajstić information content (AvgIpc) is 2.42. The van der Waals surface area contributed by atoms with Gasteiger partial charge in [-0.15, -0.1) is 0 Å². The molecule has 1 aromatic heterocycles. The van der Waals surface area contributed by atoms with Gasteiger partial charge in [-0.05, 0) is 19.1 Å². The van der Waals surface area contributed by atoms with Gasteiger partial charge in [-0.25, -0.2) is 4.98 Å². The van der Waals surface area contributed by atoms with Crippen LogP contribution in [0.15, 0.2) is 18.3 Å². The van der Waals surface area contributed by atoms with Crippen LogP contribution in [0.3, 0.4) is 0 Å². The standard InChI is InChI=1S/C13H18N2O4/c1-2-19-12-10(4-3-5-14-12)11(13(16)17)15-6-8-18-9-7-15/h3-5,11H,2,6-9H2,1H3,(H,16,17)/t11-/m0/s1. The molecule has 1 N–H and O–H groups in total. The van der Waals surface area contributed by atoms with E-state index < -0.39 is 12.0 Å². The molecule has 1 aliphatic heterocycles. The van der Waals surface area contributed by atoms with Crippen LogP contribution in [-0.4, -0.2) is 53.9 Å². The largest absolute Gasteiger partial charge is 0.480 e. The molecule has 1 atom stereocenters. The number of carboxylic acids is 1. The first-order valence-corrected chi connectivity index (χ1v) is 6.36. The van der Waals surface area contributed by atoms with Crippen LogP contribution >= 0.6 is 0 Å². The van der Waals surface area contributed by atoms with Gasteiger partial charge in [0.1, 0.15) is 6.04 Å². The molecule has 0 aliphatic carbocycles. The Hall–Kier alpha value is -1.66. The SMILES string of the molecule is CCOc1ncccc1[C@@H](C(=O)O)N1CCOCC1. The number of ether oxygens (including phenoxy) is 2. The molecule has 0 amide bonds. The molecule has 104 valence electrons. The molecule has 1 aliphatic rings. The predicted molar refractivity (Wildman–Crippen MR) is 68.2 cm³/mol. The van der Waals surface area contributed by atoms with Crippen molar-refractivity contribution in [3.63, 3.8) is 0 Å². The number of rotatable bonds is 5. The van der Waals surface area contributed by atoms with Crippen LogP contribution in [0.4, 0.5) is 0 Å². The lowest BCUT2D eigenvalue weighted by Crippen LogP contribution is -2.42. The Morgan fingerprint density at radius 3 is 2.95 bits per heavy atom. The van der Waals surface area contributed by atoms with E-state index in [2.05, 4.69) is 4.98 Å². The van der Waals surface area contributed by atoms with E-state index in [-0.39, 0.29) is 0 Å². The normalized spacial score (nSPS) is 17.9. The minimum absolute atomic E-state index is 0.392. The van der Waals surface area contributed by atoms with E-state index in [1.807, 2.05) is 11.8 Å². The lowest BCUT2D eigenvalue weighted by atomic mass is 10.1. The average molecular weight is 266 g/mol. The Morgan fingerprint density at radius 2 is 2.32 bits per heavy atom. The number of pyridine rings is 1. The number of hydrogen-bond donors (Lipinski definition) is 1. The maximum Gasteiger partial charge on any atom is 0.325 e. The molecule has 0 unspecified atom stereocenters. The van der Waals surface area contributed by atoms with Gasteiger partial charge in [-0.2, -0.15) is 0 Å². The van der Waals surface area contributed by atoms with Gasteiger partial charge in [-0.1, -0.05) is 0 Å². The summed E-state index contributed by atoms with van der Waals surface area (Å²) < 4.78 is 10.7. The lowest BCUT2D eigenvalue weighted by Gasteiger charge is -2.32. The third-order valence-electron chi connectivity index (χ3n) is 3.02. The van der Waals surface area contributed by atoms with Gasteiger partial charge in [-0.3, -0.25) is 9.69 Å². The molecule has 6 heteroatoms. The molecule has 2 heterocycles. The summed E-state index contributed by atoms with van der Waals surface area (Å²) in [7, 11) is 0. The summed E-state index contributed by atoms with van der Waals surface area (Å²) in [5.41, 5.74) is 0.596. The van der Waals surface area contributed by atoms with Gasteiger partial charge in [0.05, 0.1) is 19.8 Å². The van der Waals surface area contributed by atoms with Crippen LogP contribution in [0.25, 0.3) is 0 Å². The summed E-state index contributed by atoms with van der Waals surface area (Å²) in [6.45, 7) is 4.60. The van der Waals surface area contributed by atoms with Gasteiger partial charge < -0.3 is 14.6 Å². The Bertz CT molecular complexity index is 432. The minimum atomic E-state index is -0.893. The number of aliphatic carboxylic acids is 1. The van der Waals surface area contributed by atoms with Crippen molar-refractivity contribution in [2.24, 2.45) is 0 Å². The summed E-state index contributed by atoms with van der Waals surface area (Å²) in [4.78, 5) is 17.6. The van der Waals surface area contributed by atoms with Crippen LogP contribution in [0.2, 0.25) is 0 Å². The molecule has 1 fully saturated rings. The van der Waals surface area contributed by atoms with Crippen LogP contribution < -0.4 is 4.74 Å². The Morgan fingerprint density at radius 1 is 1.58 bits per heavy atom. The molecule has 2 rings (SSSR count). The zero-order valence-electron chi connectivity index (χ0n) is 10.9. The maximum atomic E-state index is 11.6. The fraction of sp³-hybridized carbons (Fsp3) is 0.538. The lowest BCUT2D eigenvalue weighted by molar-refractivity contribution is -0.145. The van der Waals surface area contributed by atoms with Crippen LogP contribution in [0, 0.1) is 0 Å². The number of hydrogen-bond acceptors (Lipinski definition) is 5. The van der Waals surface area contributed by atoms with Gasteiger partial charge in [0.25, 0.3) is 0 Å². The van der Waals surface area contributed by atoms with Crippen molar-refractivity contribution in [1.29, 1.82) is 0 Å². The van der Waals surface area contributed by atoms with Crippen LogP contribution in [0.1, 0.15) is 18.5 Å². The molecule has 1 saturated heterocycles. The zero-order valence-corrected chi connectivity index (χ0v) is 10.9. The summed E-state index contributed by atoms with van der Waals surface area (Å²) in [5.74, 6) is -0.500. The van der Waals surface area contributed by atoms with E-state index in [4.69, 9.17) is 9.47 Å². The van der Waals surface area contributed by atoms with Crippen molar-refractivity contribution in [2.45, 2.75) is 13.0 Å². The second-order valence-corrected chi connectivity index (χ2v) is 4.22. The molecular formula is C13H18N2O4. The Labute approximate surface area is 112 Å². The quantitative estimate of drug-likeness (QED) is 0.855. The van der Waals surface area contributed by atoms with E-state index in [1.54, 1.807) is 18.3 Å². The molecule has 0 radical (unpaired) electrons. The fourth-order valence-corrected chi connectivity index (χ4v) is 2.19. The second kappa shape index (κ2) is 6.49. The van der Waals surface area contributed by atoms with Gasteiger partial charge in [0.15, 0.2) is 0 Å². The highest BCUT2D eigenvalue weighted by atomic mass is 16.5. The first kappa shape index (κ1) is 13.8. The number of nitrogens with zero attached hydrogens (tertiary/aromatic N) is 2. The van der Waals surface area contributed by atoms with Crippen LogP contribution in [-0.2, 0) is 9.53 Å². The molecule has 0 saturated carbocycles. The van der Waals surface area contributed by atoms with Crippen molar-refractivity contribution in [3.05, 3.63) is 23.9 Å². The van der Waals surface area contributed by atoms with Crippen molar-refractivity contribution in [3.8, 4) is 5.88 Å². The van der Waals surface area contributed by atoms with Gasteiger partial charge >= 0.3 is 5.97 Å².